The molecule has 0 bridgehead atoms. The molecule has 5 nitrogen and oxygen atoms in total. The normalized spacial score (nSPS) is 15.6. The Bertz CT molecular complexity index is 631. The molecule has 1 amide bonds. The molecule has 0 saturated heterocycles. The lowest BCUT2D eigenvalue weighted by Gasteiger charge is -2.29. The van der Waals surface area contributed by atoms with Crippen LogP contribution in [0.4, 0.5) is 0 Å². The Morgan fingerprint density at radius 1 is 1.42 bits per heavy atom. The van der Waals surface area contributed by atoms with Crippen molar-refractivity contribution < 1.29 is 9.53 Å². The number of carbonyl (C=O) groups is 1. The molecule has 1 heterocycles. The predicted molar refractivity (Wildman–Crippen MR) is 94.4 cm³/mol. The Morgan fingerprint density at radius 2 is 2.12 bits per heavy atom. The van der Waals surface area contributed by atoms with Crippen molar-refractivity contribution in [1.82, 2.24) is 9.80 Å². The van der Waals surface area contributed by atoms with Crippen LogP contribution >= 0.6 is 0 Å². The number of rotatable bonds is 6. The van der Waals surface area contributed by atoms with E-state index in [0.717, 1.165) is 18.7 Å². The standard InChI is InChI=1S/C19H25N3O2/c1-15(12-20)13-21(2)14-19(23)22-10-8-17(9-11-22)16-4-6-18(24-3)7-5-16/h4-8,15H,9-11,13-14H2,1-3H3/t15-/m1/s1. The molecular weight excluding hydrogens is 302 g/mol. The van der Waals surface area contributed by atoms with E-state index in [4.69, 9.17) is 10.00 Å². The molecule has 0 fully saturated rings. The van der Waals surface area contributed by atoms with Crippen LogP contribution in [0.3, 0.4) is 0 Å². The van der Waals surface area contributed by atoms with E-state index in [1.807, 2.05) is 35.9 Å². The number of hydrogen-bond acceptors (Lipinski definition) is 4. The number of benzene rings is 1. The van der Waals surface area contributed by atoms with Gasteiger partial charge in [0.2, 0.25) is 5.91 Å². The lowest BCUT2D eigenvalue weighted by Crippen LogP contribution is -2.41. The topological polar surface area (TPSA) is 56.6 Å². The summed E-state index contributed by atoms with van der Waals surface area (Å²) in [6, 6.07) is 10.2. The molecule has 0 N–H and O–H groups in total. The third-order valence-corrected chi connectivity index (χ3v) is 4.23. The third kappa shape index (κ3) is 4.84. The van der Waals surface area contributed by atoms with Gasteiger partial charge in [-0.3, -0.25) is 9.69 Å². The third-order valence-electron chi connectivity index (χ3n) is 4.23. The second kappa shape index (κ2) is 8.51. The second-order valence-electron chi connectivity index (χ2n) is 6.27. The van der Waals surface area contributed by atoms with Crippen molar-refractivity contribution >= 4 is 11.5 Å². The van der Waals surface area contributed by atoms with Gasteiger partial charge >= 0.3 is 0 Å². The van der Waals surface area contributed by atoms with Crippen LogP contribution in [0.5, 0.6) is 5.75 Å². The maximum atomic E-state index is 12.4. The Balaban J connectivity index is 1.89. The summed E-state index contributed by atoms with van der Waals surface area (Å²) in [5, 5.41) is 8.85. The van der Waals surface area contributed by atoms with E-state index in [1.54, 1.807) is 7.11 Å². The number of methoxy groups -OCH3 is 1. The maximum absolute atomic E-state index is 12.4. The highest BCUT2D eigenvalue weighted by Crippen LogP contribution is 2.24. The number of nitrogens with zero attached hydrogens (tertiary/aromatic N) is 3. The zero-order valence-corrected chi connectivity index (χ0v) is 14.7. The minimum absolute atomic E-state index is 0.0641. The Kier molecular flexibility index (Phi) is 6.39. The smallest absolute Gasteiger partial charge is 0.237 e. The average Bonchev–Trinajstić information content (AvgIpc) is 2.61. The fraction of sp³-hybridized carbons (Fsp3) is 0.474. The van der Waals surface area contributed by atoms with Crippen LogP contribution in [-0.2, 0) is 4.79 Å². The van der Waals surface area contributed by atoms with Crippen molar-refractivity contribution in [2.75, 3.05) is 40.3 Å². The van der Waals surface area contributed by atoms with Gasteiger partial charge in [0.15, 0.2) is 0 Å². The van der Waals surface area contributed by atoms with Crippen LogP contribution < -0.4 is 4.74 Å². The highest BCUT2D eigenvalue weighted by Gasteiger charge is 2.19. The predicted octanol–water partition coefficient (Wildman–Crippen LogP) is 2.40. The number of carbonyl (C=O) groups excluding carboxylic acids is 1. The van der Waals surface area contributed by atoms with Crippen molar-refractivity contribution in [3.63, 3.8) is 0 Å². The van der Waals surface area contributed by atoms with Gasteiger partial charge in [-0.25, -0.2) is 0 Å². The minimum atomic E-state index is -0.0641. The monoisotopic (exact) mass is 327 g/mol. The lowest BCUT2D eigenvalue weighted by atomic mass is 9.99. The van der Waals surface area contributed by atoms with Crippen LogP contribution in [0.15, 0.2) is 30.3 Å². The van der Waals surface area contributed by atoms with Crippen LogP contribution in [0.25, 0.3) is 5.57 Å². The van der Waals surface area contributed by atoms with E-state index < -0.39 is 0 Å². The lowest BCUT2D eigenvalue weighted by molar-refractivity contribution is -0.131. The molecule has 1 aliphatic heterocycles. The highest BCUT2D eigenvalue weighted by atomic mass is 16.5. The van der Waals surface area contributed by atoms with Gasteiger partial charge in [0.1, 0.15) is 5.75 Å². The van der Waals surface area contributed by atoms with Gasteiger partial charge in [0.05, 0.1) is 25.6 Å². The SMILES string of the molecule is COc1ccc(C2=CCN(C(=O)CN(C)C[C@H](C)C#N)CC2)cc1. The van der Waals surface area contributed by atoms with E-state index in [2.05, 4.69) is 24.3 Å². The van der Waals surface area contributed by atoms with Gasteiger partial charge in [-0.2, -0.15) is 5.26 Å². The molecule has 1 aliphatic rings. The van der Waals surface area contributed by atoms with E-state index in [1.165, 1.54) is 11.1 Å². The first-order chi connectivity index (χ1) is 11.5. The Hall–Kier alpha value is -2.32. The van der Waals surface area contributed by atoms with Crippen LogP contribution in [-0.4, -0.2) is 56.0 Å². The van der Waals surface area contributed by atoms with Crippen LogP contribution in [0, 0.1) is 17.2 Å². The number of nitriles is 1. The van der Waals surface area contributed by atoms with Gasteiger partial charge in [-0.15, -0.1) is 0 Å². The van der Waals surface area contributed by atoms with Crippen LogP contribution in [0.1, 0.15) is 18.9 Å². The van der Waals surface area contributed by atoms with Crippen molar-refractivity contribution in [3.8, 4) is 11.8 Å². The van der Waals surface area contributed by atoms with Crippen molar-refractivity contribution in [1.29, 1.82) is 5.26 Å². The van der Waals surface area contributed by atoms with Crippen molar-refractivity contribution in [2.45, 2.75) is 13.3 Å². The summed E-state index contributed by atoms with van der Waals surface area (Å²) in [4.78, 5) is 16.2. The molecule has 0 spiro atoms. The number of ether oxygens (including phenoxy) is 1. The van der Waals surface area contributed by atoms with E-state index in [0.29, 0.717) is 19.6 Å². The van der Waals surface area contributed by atoms with Gasteiger partial charge in [-0.1, -0.05) is 18.2 Å². The first kappa shape index (κ1) is 18.0. The molecule has 128 valence electrons. The fourth-order valence-corrected chi connectivity index (χ4v) is 2.87. The highest BCUT2D eigenvalue weighted by molar-refractivity contribution is 5.80. The Morgan fingerprint density at radius 3 is 2.67 bits per heavy atom. The molecule has 24 heavy (non-hydrogen) atoms. The largest absolute Gasteiger partial charge is 0.497 e. The summed E-state index contributed by atoms with van der Waals surface area (Å²) < 4.78 is 5.18. The zero-order chi connectivity index (χ0) is 17.5. The first-order valence-corrected chi connectivity index (χ1v) is 8.23. The maximum Gasteiger partial charge on any atom is 0.237 e. The molecule has 2 rings (SSSR count). The van der Waals surface area contributed by atoms with Crippen molar-refractivity contribution in [2.24, 2.45) is 5.92 Å². The summed E-state index contributed by atoms with van der Waals surface area (Å²) in [5.41, 5.74) is 2.45. The molecule has 0 unspecified atom stereocenters. The van der Waals surface area contributed by atoms with E-state index in [9.17, 15) is 4.79 Å². The minimum Gasteiger partial charge on any atom is -0.497 e. The fourth-order valence-electron chi connectivity index (χ4n) is 2.87. The summed E-state index contributed by atoms with van der Waals surface area (Å²) in [5.74, 6) is 0.903. The summed E-state index contributed by atoms with van der Waals surface area (Å²) in [7, 11) is 3.54. The van der Waals surface area contributed by atoms with Crippen LogP contribution in [0.2, 0.25) is 0 Å². The average molecular weight is 327 g/mol. The number of amides is 1. The molecule has 0 saturated carbocycles. The molecule has 0 aromatic heterocycles. The van der Waals surface area contributed by atoms with E-state index in [-0.39, 0.29) is 11.8 Å². The van der Waals surface area contributed by atoms with Gasteiger partial charge in [0.25, 0.3) is 0 Å². The van der Waals surface area contributed by atoms with Crippen molar-refractivity contribution in [3.05, 3.63) is 35.9 Å². The molecule has 0 aliphatic carbocycles. The second-order valence-corrected chi connectivity index (χ2v) is 6.27. The zero-order valence-electron chi connectivity index (χ0n) is 14.7. The van der Waals surface area contributed by atoms with Gasteiger partial charge in [-0.05, 0) is 43.7 Å². The number of hydrogen-bond donors (Lipinski definition) is 0. The van der Waals surface area contributed by atoms with Gasteiger partial charge < -0.3 is 9.64 Å². The summed E-state index contributed by atoms with van der Waals surface area (Å²) in [6.07, 6.45) is 2.98. The summed E-state index contributed by atoms with van der Waals surface area (Å²) in [6.45, 7) is 4.21. The Labute approximate surface area is 144 Å². The quantitative estimate of drug-likeness (QED) is 0.805. The molecule has 1 atom stereocenters. The molecular formula is C19H25N3O2. The molecule has 1 aromatic rings. The number of likely N-dealkylation sites (N-methyl/N-ethyl adjacent to an activating group) is 1. The molecule has 1 aromatic carbocycles. The van der Waals surface area contributed by atoms with Gasteiger partial charge in [0, 0.05) is 19.6 Å². The molecule has 5 heteroatoms. The van der Waals surface area contributed by atoms with E-state index >= 15 is 0 Å². The summed E-state index contributed by atoms with van der Waals surface area (Å²) >= 11 is 0. The first-order valence-electron chi connectivity index (χ1n) is 8.23. The molecule has 0 radical (unpaired) electrons.